The summed E-state index contributed by atoms with van der Waals surface area (Å²) in [5.74, 6) is 0.722. The van der Waals surface area contributed by atoms with Crippen LogP contribution in [0.1, 0.15) is 22.3 Å². The lowest BCUT2D eigenvalue weighted by Gasteiger charge is -2.16. The first-order valence-corrected chi connectivity index (χ1v) is 7.57. The number of aryl methyl sites for hydroxylation is 1. The van der Waals surface area contributed by atoms with Gasteiger partial charge >= 0.3 is 0 Å². The zero-order chi connectivity index (χ0) is 13.9. The molecule has 1 amide bonds. The Kier molecular flexibility index (Phi) is 3.69. The molecular weight excluding hydrogens is 272 g/mol. The van der Waals surface area contributed by atoms with Gasteiger partial charge in [0.25, 0.3) is 5.91 Å². The third-order valence-corrected chi connectivity index (χ3v) is 4.06. The number of nitrogens with zero attached hydrogens (tertiary/aromatic N) is 2. The third kappa shape index (κ3) is 2.82. The molecule has 1 aliphatic rings. The molecule has 0 spiro atoms. The Bertz CT molecular complexity index is 580. The van der Waals surface area contributed by atoms with Gasteiger partial charge in [0.15, 0.2) is 0 Å². The van der Waals surface area contributed by atoms with E-state index in [0.29, 0.717) is 12.4 Å². The molecule has 1 atom stereocenters. The molecule has 0 saturated carbocycles. The summed E-state index contributed by atoms with van der Waals surface area (Å²) in [6.07, 6.45) is 2.68. The monoisotopic (exact) mass is 288 g/mol. The Morgan fingerprint density at radius 2 is 2.35 bits per heavy atom. The van der Waals surface area contributed by atoms with E-state index in [0.717, 1.165) is 24.1 Å². The standard InChI is InChI=1S/C15H16N2O2S/c1-11-2-3-14(16-8-11)19-13-4-6-17(9-13)15(18)12-5-7-20-10-12/h2-3,5,7-8,10,13H,4,6,9H2,1H3. The normalized spacial score (nSPS) is 18.2. The maximum atomic E-state index is 12.2. The molecule has 0 bridgehead atoms. The molecule has 1 unspecified atom stereocenters. The van der Waals surface area contributed by atoms with E-state index in [9.17, 15) is 4.79 Å². The molecule has 20 heavy (non-hydrogen) atoms. The van der Waals surface area contributed by atoms with Crippen LogP contribution in [-0.2, 0) is 0 Å². The average Bonchev–Trinajstić information content (AvgIpc) is 3.12. The van der Waals surface area contributed by atoms with Crippen molar-refractivity contribution >= 4 is 17.2 Å². The van der Waals surface area contributed by atoms with Gasteiger partial charge in [0.1, 0.15) is 6.10 Å². The Hall–Kier alpha value is -1.88. The van der Waals surface area contributed by atoms with Crippen molar-refractivity contribution in [1.82, 2.24) is 9.88 Å². The summed E-state index contributed by atoms with van der Waals surface area (Å²) >= 11 is 1.54. The summed E-state index contributed by atoms with van der Waals surface area (Å²) in [6, 6.07) is 5.72. The molecule has 104 valence electrons. The number of aromatic nitrogens is 1. The van der Waals surface area contributed by atoms with Crippen molar-refractivity contribution in [1.29, 1.82) is 0 Å². The van der Waals surface area contributed by atoms with Gasteiger partial charge in [0.05, 0.1) is 12.1 Å². The molecule has 5 heteroatoms. The number of amides is 1. The van der Waals surface area contributed by atoms with Gasteiger partial charge < -0.3 is 9.64 Å². The molecule has 4 nitrogen and oxygen atoms in total. The van der Waals surface area contributed by atoms with E-state index >= 15 is 0 Å². The number of carbonyl (C=O) groups is 1. The fourth-order valence-electron chi connectivity index (χ4n) is 2.27. The van der Waals surface area contributed by atoms with Crippen molar-refractivity contribution in [3.05, 3.63) is 46.3 Å². The quantitative estimate of drug-likeness (QED) is 0.872. The van der Waals surface area contributed by atoms with Gasteiger partial charge in [0.2, 0.25) is 5.88 Å². The second kappa shape index (κ2) is 5.63. The number of hydrogen-bond donors (Lipinski definition) is 0. The fourth-order valence-corrected chi connectivity index (χ4v) is 2.90. The first-order valence-electron chi connectivity index (χ1n) is 6.63. The molecule has 1 fully saturated rings. The fraction of sp³-hybridized carbons (Fsp3) is 0.333. The SMILES string of the molecule is Cc1ccc(OC2CCN(C(=O)c3ccsc3)C2)nc1. The van der Waals surface area contributed by atoms with Crippen LogP contribution in [0, 0.1) is 6.92 Å². The maximum Gasteiger partial charge on any atom is 0.254 e. The minimum absolute atomic E-state index is 0.0350. The van der Waals surface area contributed by atoms with E-state index in [-0.39, 0.29) is 12.0 Å². The van der Waals surface area contributed by atoms with Crippen LogP contribution in [0.5, 0.6) is 5.88 Å². The summed E-state index contributed by atoms with van der Waals surface area (Å²) in [4.78, 5) is 18.3. The Morgan fingerprint density at radius 1 is 1.45 bits per heavy atom. The van der Waals surface area contributed by atoms with E-state index < -0.39 is 0 Å². The number of hydrogen-bond acceptors (Lipinski definition) is 4. The molecule has 2 aromatic rings. The van der Waals surface area contributed by atoms with E-state index in [1.165, 1.54) is 0 Å². The van der Waals surface area contributed by atoms with Crippen LogP contribution in [0.15, 0.2) is 35.2 Å². The summed E-state index contributed by atoms with van der Waals surface area (Å²) in [7, 11) is 0. The van der Waals surface area contributed by atoms with Crippen LogP contribution in [-0.4, -0.2) is 35.0 Å². The summed E-state index contributed by atoms with van der Waals surface area (Å²) in [5.41, 5.74) is 1.88. The Balaban J connectivity index is 1.59. The van der Waals surface area contributed by atoms with Crippen LogP contribution >= 0.6 is 11.3 Å². The van der Waals surface area contributed by atoms with Gasteiger partial charge in [-0.3, -0.25) is 4.79 Å². The van der Waals surface area contributed by atoms with Crippen molar-refractivity contribution in [3.63, 3.8) is 0 Å². The molecule has 3 rings (SSSR count). The van der Waals surface area contributed by atoms with Crippen molar-refractivity contribution < 1.29 is 9.53 Å². The number of carbonyl (C=O) groups excluding carboxylic acids is 1. The highest BCUT2D eigenvalue weighted by Crippen LogP contribution is 2.19. The van der Waals surface area contributed by atoms with Crippen LogP contribution in [0.4, 0.5) is 0 Å². The second-order valence-electron chi connectivity index (χ2n) is 4.97. The predicted molar refractivity (Wildman–Crippen MR) is 78.2 cm³/mol. The van der Waals surface area contributed by atoms with Crippen LogP contribution in [0.2, 0.25) is 0 Å². The highest BCUT2D eigenvalue weighted by Gasteiger charge is 2.28. The van der Waals surface area contributed by atoms with Crippen molar-refractivity contribution in [2.75, 3.05) is 13.1 Å². The van der Waals surface area contributed by atoms with E-state index in [4.69, 9.17) is 4.74 Å². The van der Waals surface area contributed by atoms with E-state index in [2.05, 4.69) is 4.98 Å². The molecule has 1 saturated heterocycles. The Morgan fingerprint density at radius 3 is 3.05 bits per heavy atom. The molecule has 0 aliphatic carbocycles. The molecule has 0 radical (unpaired) electrons. The van der Waals surface area contributed by atoms with Crippen LogP contribution in [0.25, 0.3) is 0 Å². The van der Waals surface area contributed by atoms with Gasteiger partial charge in [-0.05, 0) is 23.9 Å². The van der Waals surface area contributed by atoms with Gasteiger partial charge in [-0.25, -0.2) is 4.98 Å². The zero-order valence-corrected chi connectivity index (χ0v) is 12.1. The molecule has 3 heterocycles. The number of ether oxygens (including phenoxy) is 1. The summed E-state index contributed by atoms with van der Waals surface area (Å²) in [5, 5.41) is 3.81. The minimum Gasteiger partial charge on any atom is -0.472 e. The van der Waals surface area contributed by atoms with Crippen LogP contribution < -0.4 is 4.74 Å². The smallest absolute Gasteiger partial charge is 0.254 e. The minimum atomic E-state index is 0.0350. The number of thiophene rings is 1. The van der Waals surface area contributed by atoms with Gasteiger partial charge in [-0.15, -0.1) is 0 Å². The molecular formula is C15H16N2O2S. The van der Waals surface area contributed by atoms with Crippen molar-refractivity contribution in [3.8, 4) is 5.88 Å². The van der Waals surface area contributed by atoms with Crippen molar-refractivity contribution in [2.45, 2.75) is 19.4 Å². The molecule has 2 aromatic heterocycles. The van der Waals surface area contributed by atoms with E-state index in [1.807, 2.05) is 40.8 Å². The van der Waals surface area contributed by atoms with Crippen molar-refractivity contribution in [2.24, 2.45) is 0 Å². The highest BCUT2D eigenvalue weighted by molar-refractivity contribution is 7.08. The predicted octanol–water partition coefficient (Wildman–Crippen LogP) is 2.75. The lowest BCUT2D eigenvalue weighted by Crippen LogP contribution is -2.30. The topological polar surface area (TPSA) is 42.4 Å². The largest absolute Gasteiger partial charge is 0.472 e. The first-order chi connectivity index (χ1) is 9.72. The van der Waals surface area contributed by atoms with Crippen LogP contribution in [0.3, 0.4) is 0 Å². The molecule has 1 aliphatic heterocycles. The zero-order valence-electron chi connectivity index (χ0n) is 11.3. The number of rotatable bonds is 3. The lowest BCUT2D eigenvalue weighted by atomic mass is 10.3. The average molecular weight is 288 g/mol. The number of likely N-dealkylation sites (tertiary alicyclic amines) is 1. The second-order valence-corrected chi connectivity index (χ2v) is 5.75. The maximum absolute atomic E-state index is 12.2. The van der Waals surface area contributed by atoms with Gasteiger partial charge in [-0.2, -0.15) is 11.3 Å². The molecule has 0 aromatic carbocycles. The summed E-state index contributed by atoms with van der Waals surface area (Å²) < 4.78 is 5.83. The first kappa shape index (κ1) is 13.1. The molecule has 0 N–H and O–H groups in total. The van der Waals surface area contributed by atoms with Gasteiger partial charge in [0, 0.05) is 30.6 Å². The third-order valence-electron chi connectivity index (χ3n) is 3.37. The lowest BCUT2D eigenvalue weighted by molar-refractivity contribution is 0.0771. The summed E-state index contributed by atoms with van der Waals surface area (Å²) in [6.45, 7) is 3.36. The Labute approximate surface area is 122 Å². The number of pyridine rings is 1. The van der Waals surface area contributed by atoms with Gasteiger partial charge in [-0.1, -0.05) is 6.07 Å². The van der Waals surface area contributed by atoms with E-state index in [1.54, 1.807) is 17.5 Å². The highest BCUT2D eigenvalue weighted by atomic mass is 32.1.